The van der Waals surface area contributed by atoms with Crippen molar-refractivity contribution in [3.8, 4) is 0 Å². The summed E-state index contributed by atoms with van der Waals surface area (Å²) >= 11 is 0. The largest absolute Gasteiger partial charge is 0.348 e. The molecular formula is C17H19N3O. The Bertz CT molecular complexity index is 627. The van der Waals surface area contributed by atoms with Gasteiger partial charge in [0.2, 0.25) is 5.91 Å². The molecule has 108 valence electrons. The van der Waals surface area contributed by atoms with Crippen LogP contribution in [0.2, 0.25) is 0 Å². The first-order chi connectivity index (χ1) is 10.2. The summed E-state index contributed by atoms with van der Waals surface area (Å²) in [4.78, 5) is 16.5. The van der Waals surface area contributed by atoms with Crippen LogP contribution < -0.4 is 10.6 Å². The lowest BCUT2D eigenvalue weighted by Gasteiger charge is -2.26. The molecule has 1 aliphatic heterocycles. The van der Waals surface area contributed by atoms with Gasteiger partial charge in [-0.05, 0) is 36.1 Å². The second-order valence-corrected chi connectivity index (χ2v) is 5.42. The number of pyridine rings is 1. The minimum atomic E-state index is -0.168. The van der Waals surface area contributed by atoms with Crippen molar-refractivity contribution in [2.24, 2.45) is 0 Å². The normalized spacial score (nSPS) is 18.6. The van der Waals surface area contributed by atoms with E-state index in [4.69, 9.17) is 0 Å². The quantitative estimate of drug-likeness (QED) is 0.904. The van der Waals surface area contributed by atoms with Gasteiger partial charge in [0.05, 0.1) is 12.1 Å². The maximum Gasteiger partial charge on any atom is 0.237 e. The van der Waals surface area contributed by atoms with E-state index in [0.29, 0.717) is 0 Å². The summed E-state index contributed by atoms with van der Waals surface area (Å²) in [6, 6.07) is 11.9. The number of rotatable bonds is 3. The van der Waals surface area contributed by atoms with E-state index in [-0.39, 0.29) is 18.0 Å². The maximum atomic E-state index is 12.4. The molecule has 0 fully saturated rings. The number of amides is 1. The molecule has 0 radical (unpaired) electrons. The molecule has 3 rings (SSSR count). The van der Waals surface area contributed by atoms with Gasteiger partial charge in [-0.3, -0.25) is 9.78 Å². The van der Waals surface area contributed by atoms with E-state index in [1.165, 1.54) is 11.1 Å². The monoisotopic (exact) mass is 281 g/mol. The fraction of sp³-hybridized carbons (Fsp3) is 0.294. The van der Waals surface area contributed by atoms with Gasteiger partial charge in [-0.25, -0.2) is 0 Å². The number of hydrogen-bond acceptors (Lipinski definition) is 3. The summed E-state index contributed by atoms with van der Waals surface area (Å²) < 4.78 is 0. The predicted octanol–water partition coefficient (Wildman–Crippen LogP) is 1.97. The van der Waals surface area contributed by atoms with Crippen molar-refractivity contribution in [3.63, 3.8) is 0 Å². The molecule has 2 N–H and O–H groups in total. The number of nitrogens with zero attached hydrogens (tertiary/aromatic N) is 1. The van der Waals surface area contributed by atoms with Gasteiger partial charge in [0.25, 0.3) is 0 Å². The molecule has 0 saturated carbocycles. The summed E-state index contributed by atoms with van der Waals surface area (Å²) in [5, 5.41) is 6.36. The summed E-state index contributed by atoms with van der Waals surface area (Å²) in [6.45, 7) is 2.72. The third-order valence-corrected chi connectivity index (χ3v) is 3.94. The van der Waals surface area contributed by atoms with E-state index in [1.54, 1.807) is 12.4 Å². The molecule has 21 heavy (non-hydrogen) atoms. The molecule has 0 saturated heterocycles. The number of hydrogen-bond donors (Lipinski definition) is 2. The smallest absolute Gasteiger partial charge is 0.237 e. The molecule has 1 aromatic heterocycles. The zero-order valence-corrected chi connectivity index (χ0v) is 12.0. The van der Waals surface area contributed by atoms with Crippen LogP contribution in [0.4, 0.5) is 0 Å². The fourth-order valence-corrected chi connectivity index (χ4v) is 2.67. The third kappa shape index (κ3) is 3.11. The Morgan fingerprint density at radius 2 is 2.10 bits per heavy atom. The minimum absolute atomic E-state index is 0.0369. The molecule has 1 unspecified atom stereocenters. The van der Waals surface area contributed by atoms with Crippen LogP contribution >= 0.6 is 0 Å². The van der Waals surface area contributed by atoms with Crippen molar-refractivity contribution in [2.75, 3.05) is 0 Å². The van der Waals surface area contributed by atoms with Crippen molar-refractivity contribution in [1.82, 2.24) is 15.6 Å². The number of nitrogens with one attached hydrogen (secondary N) is 2. The van der Waals surface area contributed by atoms with Gasteiger partial charge in [0.15, 0.2) is 0 Å². The van der Waals surface area contributed by atoms with Crippen molar-refractivity contribution < 1.29 is 4.79 Å². The number of carbonyl (C=O) groups is 1. The second-order valence-electron chi connectivity index (χ2n) is 5.42. The highest BCUT2D eigenvalue weighted by molar-refractivity contribution is 5.82. The van der Waals surface area contributed by atoms with Gasteiger partial charge in [-0.1, -0.05) is 30.3 Å². The van der Waals surface area contributed by atoms with Crippen molar-refractivity contribution in [3.05, 3.63) is 65.5 Å². The van der Waals surface area contributed by atoms with Gasteiger partial charge in [-0.15, -0.1) is 0 Å². The number of fused-ring (bicyclic) bond motifs is 1. The molecule has 0 bridgehead atoms. The Kier molecular flexibility index (Phi) is 3.97. The van der Waals surface area contributed by atoms with Gasteiger partial charge in [0, 0.05) is 18.9 Å². The average molecular weight is 281 g/mol. The second kappa shape index (κ2) is 6.06. The molecule has 2 heterocycles. The lowest BCUT2D eigenvalue weighted by molar-refractivity contribution is -0.124. The average Bonchev–Trinajstić information content (AvgIpc) is 2.55. The molecule has 2 aromatic rings. The van der Waals surface area contributed by atoms with E-state index in [0.717, 1.165) is 18.5 Å². The summed E-state index contributed by atoms with van der Waals surface area (Å²) in [5.41, 5.74) is 3.55. The predicted molar refractivity (Wildman–Crippen MR) is 81.6 cm³/mol. The number of benzene rings is 1. The zero-order chi connectivity index (χ0) is 14.7. The van der Waals surface area contributed by atoms with Crippen molar-refractivity contribution in [2.45, 2.75) is 32.0 Å². The Balaban J connectivity index is 1.65. The summed E-state index contributed by atoms with van der Waals surface area (Å²) in [5.74, 6) is 0.0425. The van der Waals surface area contributed by atoms with Crippen molar-refractivity contribution in [1.29, 1.82) is 0 Å². The minimum Gasteiger partial charge on any atom is -0.348 e. The topological polar surface area (TPSA) is 54.0 Å². The van der Waals surface area contributed by atoms with Gasteiger partial charge >= 0.3 is 0 Å². The van der Waals surface area contributed by atoms with E-state index < -0.39 is 0 Å². The zero-order valence-electron chi connectivity index (χ0n) is 12.0. The summed E-state index contributed by atoms with van der Waals surface area (Å²) in [6.07, 6.45) is 4.26. The number of aromatic nitrogens is 1. The van der Waals surface area contributed by atoms with Crippen LogP contribution in [0.25, 0.3) is 0 Å². The molecule has 1 aromatic carbocycles. The first-order valence-corrected chi connectivity index (χ1v) is 7.24. The first kappa shape index (κ1) is 13.8. The Hall–Kier alpha value is -2.20. The highest BCUT2D eigenvalue weighted by Gasteiger charge is 2.24. The van der Waals surface area contributed by atoms with E-state index in [2.05, 4.69) is 27.8 Å². The van der Waals surface area contributed by atoms with Crippen LogP contribution in [0.5, 0.6) is 0 Å². The molecule has 4 heteroatoms. The molecule has 4 nitrogen and oxygen atoms in total. The number of carbonyl (C=O) groups excluding carboxylic acids is 1. The van der Waals surface area contributed by atoms with Crippen molar-refractivity contribution >= 4 is 5.91 Å². The molecule has 1 amide bonds. The maximum absolute atomic E-state index is 12.4. The van der Waals surface area contributed by atoms with Crippen LogP contribution in [0.3, 0.4) is 0 Å². The fourth-order valence-electron chi connectivity index (χ4n) is 2.67. The lowest BCUT2D eigenvalue weighted by atomic mass is 9.95. The SMILES string of the molecule is CC(NC(=O)[C@@H]1Cc2ccccc2CN1)c1cccnc1. The molecule has 1 aliphatic rings. The first-order valence-electron chi connectivity index (χ1n) is 7.24. The van der Waals surface area contributed by atoms with Crippen LogP contribution in [0.1, 0.15) is 29.7 Å². The highest BCUT2D eigenvalue weighted by Crippen LogP contribution is 2.17. The van der Waals surface area contributed by atoms with Gasteiger partial charge in [0.1, 0.15) is 0 Å². The highest BCUT2D eigenvalue weighted by atomic mass is 16.2. The van der Waals surface area contributed by atoms with Crippen LogP contribution in [-0.2, 0) is 17.8 Å². The van der Waals surface area contributed by atoms with E-state index in [9.17, 15) is 4.79 Å². The van der Waals surface area contributed by atoms with Crippen LogP contribution in [-0.4, -0.2) is 16.9 Å². The Morgan fingerprint density at radius 3 is 2.86 bits per heavy atom. The van der Waals surface area contributed by atoms with E-state index >= 15 is 0 Å². The van der Waals surface area contributed by atoms with Gasteiger partial charge in [-0.2, -0.15) is 0 Å². The Morgan fingerprint density at radius 1 is 1.29 bits per heavy atom. The Labute approximate surface area is 124 Å². The van der Waals surface area contributed by atoms with E-state index in [1.807, 2.05) is 31.2 Å². The molecular weight excluding hydrogens is 262 g/mol. The lowest BCUT2D eigenvalue weighted by Crippen LogP contribution is -2.48. The standard InChI is InChI=1S/C17H19N3O/c1-12(14-7-4-8-18-10-14)20-17(21)16-9-13-5-2-3-6-15(13)11-19-16/h2-8,10,12,16,19H,9,11H2,1H3,(H,20,21)/t12?,16-/m0/s1. The summed E-state index contributed by atoms with van der Waals surface area (Å²) in [7, 11) is 0. The third-order valence-electron chi connectivity index (χ3n) is 3.94. The molecule has 0 spiro atoms. The molecule has 2 atom stereocenters. The molecule has 0 aliphatic carbocycles. The van der Waals surface area contributed by atoms with Gasteiger partial charge < -0.3 is 10.6 Å². The van der Waals surface area contributed by atoms with Crippen LogP contribution in [0, 0.1) is 0 Å². The van der Waals surface area contributed by atoms with Crippen LogP contribution in [0.15, 0.2) is 48.8 Å².